The van der Waals surface area contributed by atoms with Crippen molar-refractivity contribution in [2.24, 2.45) is 11.8 Å². The molecule has 2 atom stereocenters. The van der Waals surface area contributed by atoms with Crippen molar-refractivity contribution in [3.05, 3.63) is 35.9 Å². The first-order valence-corrected chi connectivity index (χ1v) is 8.86. The first-order valence-electron chi connectivity index (χ1n) is 8.86. The smallest absolute Gasteiger partial charge is 0.222 e. The maximum Gasteiger partial charge on any atom is 0.222 e. The lowest BCUT2D eigenvalue weighted by Crippen LogP contribution is -2.49. The van der Waals surface area contributed by atoms with Gasteiger partial charge in [-0.1, -0.05) is 37.3 Å². The van der Waals surface area contributed by atoms with Crippen molar-refractivity contribution in [1.29, 1.82) is 0 Å². The SMILES string of the molecule is CC(CC(=O)N1CCN(CC(O)c2ccccc2)CC1)C1CC1. The average molecular weight is 316 g/mol. The Hall–Kier alpha value is -1.39. The number of aliphatic hydroxyl groups excluding tert-OH is 1. The van der Waals surface area contributed by atoms with Crippen LogP contribution in [0.4, 0.5) is 0 Å². The van der Waals surface area contributed by atoms with E-state index in [2.05, 4.69) is 11.8 Å². The van der Waals surface area contributed by atoms with Gasteiger partial charge in [0.1, 0.15) is 0 Å². The minimum atomic E-state index is -0.451. The lowest BCUT2D eigenvalue weighted by Gasteiger charge is -2.36. The Morgan fingerprint density at radius 3 is 2.43 bits per heavy atom. The first kappa shape index (κ1) is 16.5. The summed E-state index contributed by atoms with van der Waals surface area (Å²) in [6.07, 6.45) is 2.87. The van der Waals surface area contributed by atoms with Crippen LogP contribution in [-0.2, 0) is 4.79 Å². The Morgan fingerprint density at radius 2 is 1.83 bits per heavy atom. The maximum atomic E-state index is 12.3. The van der Waals surface area contributed by atoms with E-state index in [0.717, 1.165) is 37.7 Å². The molecule has 0 spiro atoms. The number of rotatable bonds is 6. The highest BCUT2D eigenvalue weighted by molar-refractivity contribution is 5.76. The molecule has 3 rings (SSSR count). The molecular formula is C19H28N2O2. The zero-order valence-corrected chi connectivity index (χ0v) is 14.0. The molecule has 2 fully saturated rings. The van der Waals surface area contributed by atoms with Gasteiger partial charge in [-0.15, -0.1) is 0 Å². The van der Waals surface area contributed by atoms with E-state index in [1.54, 1.807) is 0 Å². The predicted molar refractivity (Wildman–Crippen MR) is 90.9 cm³/mol. The van der Waals surface area contributed by atoms with Crippen LogP contribution in [0.3, 0.4) is 0 Å². The third-order valence-corrected chi connectivity index (χ3v) is 5.26. The van der Waals surface area contributed by atoms with Gasteiger partial charge in [0.2, 0.25) is 5.91 Å². The molecule has 23 heavy (non-hydrogen) atoms. The number of benzene rings is 1. The molecule has 2 unspecified atom stereocenters. The quantitative estimate of drug-likeness (QED) is 0.876. The zero-order chi connectivity index (χ0) is 16.2. The highest BCUT2D eigenvalue weighted by atomic mass is 16.3. The number of piperazine rings is 1. The van der Waals surface area contributed by atoms with Crippen LogP contribution < -0.4 is 0 Å². The predicted octanol–water partition coefficient (Wildman–Crippen LogP) is 2.30. The Morgan fingerprint density at radius 1 is 1.17 bits per heavy atom. The number of hydrogen-bond donors (Lipinski definition) is 1. The summed E-state index contributed by atoms with van der Waals surface area (Å²) in [5.41, 5.74) is 0.962. The second kappa shape index (κ2) is 7.45. The number of carbonyl (C=O) groups excluding carboxylic acids is 1. The largest absolute Gasteiger partial charge is 0.387 e. The first-order chi connectivity index (χ1) is 11.1. The lowest BCUT2D eigenvalue weighted by molar-refractivity contribution is -0.134. The van der Waals surface area contributed by atoms with Crippen LogP contribution in [0, 0.1) is 11.8 Å². The van der Waals surface area contributed by atoms with E-state index in [1.165, 1.54) is 12.8 Å². The van der Waals surface area contributed by atoms with E-state index in [4.69, 9.17) is 0 Å². The minimum absolute atomic E-state index is 0.313. The number of β-amino-alcohol motifs (C(OH)–C–C–N with tert-alkyl or cyclic N) is 1. The van der Waals surface area contributed by atoms with Crippen LogP contribution in [0.15, 0.2) is 30.3 Å². The zero-order valence-electron chi connectivity index (χ0n) is 14.0. The molecule has 1 aromatic rings. The van der Waals surface area contributed by atoms with Crippen LogP contribution in [-0.4, -0.2) is 53.5 Å². The molecule has 1 aliphatic heterocycles. The number of carbonyl (C=O) groups is 1. The van der Waals surface area contributed by atoms with E-state index in [1.807, 2.05) is 35.2 Å². The third kappa shape index (κ3) is 4.55. The van der Waals surface area contributed by atoms with Crippen LogP contribution in [0.2, 0.25) is 0 Å². The third-order valence-electron chi connectivity index (χ3n) is 5.26. The fraction of sp³-hybridized carbons (Fsp3) is 0.632. The van der Waals surface area contributed by atoms with Gasteiger partial charge in [-0.25, -0.2) is 0 Å². The molecule has 4 heteroatoms. The van der Waals surface area contributed by atoms with Crippen LogP contribution in [0.1, 0.15) is 37.9 Å². The van der Waals surface area contributed by atoms with Gasteiger partial charge in [0, 0.05) is 39.1 Å². The summed E-state index contributed by atoms with van der Waals surface area (Å²) in [4.78, 5) is 16.6. The highest BCUT2D eigenvalue weighted by Crippen LogP contribution is 2.38. The van der Waals surface area contributed by atoms with Gasteiger partial charge >= 0.3 is 0 Å². The van der Waals surface area contributed by atoms with Crippen molar-refractivity contribution >= 4 is 5.91 Å². The van der Waals surface area contributed by atoms with E-state index in [0.29, 0.717) is 24.8 Å². The summed E-state index contributed by atoms with van der Waals surface area (Å²) in [6.45, 7) is 6.14. The normalized spacial score (nSPS) is 21.9. The Kier molecular flexibility index (Phi) is 5.34. The maximum absolute atomic E-state index is 12.3. The summed E-state index contributed by atoms with van der Waals surface area (Å²) >= 11 is 0. The standard InChI is InChI=1S/C19H28N2O2/c1-15(16-7-8-16)13-19(23)21-11-9-20(10-12-21)14-18(22)17-5-3-2-4-6-17/h2-6,15-16,18,22H,7-14H2,1H3. The Labute approximate surface area is 139 Å². The Bertz CT molecular complexity index is 507. The van der Waals surface area contributed by atoms with Crippen molar-refractivity contribution in [3.63, 3.8) is 0 Å². The minimum Gasteiger partial charge on any atom is -0.387 e. The fourth-order valence-corrected chi connectivity index (χ4v) is 3.44. The summed E-state index contributed by atoms with van der Waals surface area (Å²) < 4.78 is 0. The van der Waals surface area contributed by atoms with Gasteiger partial charge < -0.3 is 10.0 Å². The number of aliphatic hydroxyl groups is 1. The van der Waals surface area contributed by atoms with Crippen molar-refractivity contribution in [2.45, 2.75) is 32.3 Å². The van der Waals surface area contributed by atoms with Gasteiger partial charge in [-0.3, -0.25) is 9.69 Å². The van der Waals surface area contributed by atoms with Gasteiger partial charge in [-0.05, 0) is 30.2 Å². The highest BCUT2D eigenvalue weighted by Gasteiger charge is 2.31. The molecule has 1 aliphatic carbocycles. The molecule has 0 radical (unpaired) electrons. The van der Waals surface area contributed by atoms with E-state index >= 15 is 0 Å². The molecule has 1 heterocycles. The van der Waals surface area contributed by atoms with E-state index in [-0.39, 0.29) is 0 Å². The second-order valence-electron chi connectivity index (χ2n) is 7.13. The lowest BCUT2D eigenvalue weighted by atomic mass is 10.0. The molecule has 0 aromatic heterocycles. The summed E-state index contributed by atoms with van der Waals surface area (Å²) in [5, 5.41) is 10.3. The van der Waals surface area contributed by atoms with Crippen molar-refractivity contribution in [3.8, 4) is 0 Å². The molecule has 2 aliphatic rings. The van der Waals surface area contributed by atoms with Gasteiger partial charge in [0.25, 0.3) is 0 Å². The van der Waals surface area contributed by atoms with Crippen molar-refractivity contribution in [1.82, 2.24) is 9.80 Å². The molecule has 1 N–H and O–H groups in total. The molecule has 1 amide bonds. The molecule has 1 saturated carbocycles. The molecule has 1 aromatic carbocycles. The second-order valence-corrected chi connectivity index (χ2v) is 7.13. The average Bonchev–Trinajstić information content (AvgIpc) is 3.41. The molecular weight excluding hydrogens is 288 g/mol. The van der Waals surface area contributed by atoms with Crippen molar-refractivity contribution < 1.29 is 9.90 Å². The van der Waals surface area contributed by atoms with E-state index in [9.17, 15) is 9.90 Å². The number of amides is 1. The topological polar surface area (TPSA) is 43.8 Å². The van der Waals surface area contributed by atoms with Crippen LogP contribution in [0.5, 0.6) is 0 Å². The summed E-state index contributed by atoms with van der Waals surface area (Å²) in [6, 6.07) is 9.79. The molecule has 4 nitrogen and oxygen atoms in total. The fourth-order valence-electron chi connectivity index (χ4n) is 3.44. The number of nitrogens with zero attached hydrogens (tertiary/aromatic N) is 2. The van der Waals surface area contributed by atoms with Gasteiger partial charge in [-0.2, -0.15) is 0 Å². The molecule has 126 valence electrons. The molecule has 1 saturated heterocycles. The Balaban J connectivity index is 1.42. The van der Waals surface area contributed by atoms with Crippen molar-refractivity contribution in [2.75, 3.05) is 32.7 Å². The monoisotopic (exact) mass is 316 g/mol. The van der Waals surface area contributed by atoms with Gasteiger partial charge in [0.05, 0.1) is 6.10 Å². The van der Waals surface area contributed by atoms with E-state index < -0.39 is 6.10 Å². The number of hydrogen-bond acceptors (Lipinski definition) is 3. The molecule has 0 bridgehead atoms. The van der Waals surface area contributed by atoms with Gasteiger partial charge in [0.15, 0.2) is 0 Å². The van der Waals surface area contributed by atoms with Crippen LogP contribution >= 0.6 is 0 Å². The summed E-state index contributed by atoms with van der Waals surface area (Å²) in [7, 11) is 0. The summed E-state index contributed by atoms with van der Waals surface area (Å²) in [5.74, 6) is 1.65. The van der Waals surface area contributed by atoms with Crippen LogP contribution in [0.25, 0.3) is 0 Å².